The number of alkyl halides is 3. The summed E-state index contributed by atoms with van der Waals surface area (Å²) in [7, 11) is 0. The van der Waals surface area contributed by atoms with Crippen molar-refractivity contribution in [2.75, 3.05) is 19.6 Å². The number of nitrogens with one attached hydrogen (secondary N) is 1. The highest BCUT2D eigenvalue weighted by Crippen LogP contribution is 2.35. The maximum absolute atomic E-state index is 12.3. The zero-order chi connectivity index (χ0) is 14.8. The first-order valence-electron chi connectivity index (χ1n) is 7.93. The number of nitrogens with zero attached hydrogens (tertiary/aromatic N) is 1. The molecular formula is C15H27F3N2. The summed E-state index contributed by atoms with van der Waals surface area (Å²) in [4.78, 5) is 2.45. The second kappa shape index (κ2) is 6.65. The van der Waals surface area contributed by atoms with Crippen LogP contribution in [0.15, 0.2) is 0 Å². The number of halogens is 3. The van der Waals surface area contributed by atoms with Crippen molar-refractivity contribution in [3.05, 3.63) is 0 Å². The molecule has 5 heteroatoms. The van der Waals surface area contributed by atoms with E-state index in [4.69, 9.17) is 0 Å². The third kappa shape index (κ3) is 4.35. The summed E-state index contributed by atoms with van der Waals surface area (Å²) >= 11 is 0. The van der Waals surface area contributed by atoms with Crippen molar-refractivity contribution in [2.45, 2.75) is 64.2 Å². The van der Waals surface area contributed by atoms with Crippen molar-refractivity contribution in [3.8, 4) is 0 Å². The van der Waals surface area contributed by atoms with E-state index in [0.29, 0.717) is 12.0 Å². The molecule has 2 aliphatic rings. The molecule has 1 aliphatic carbocycles. The first-order valence-corrected chi connectivity index (χ1v) is 7.93. The Labute approximate surface area is 120 Å². The molecule has 2 fully saturated rings. The van der Waals surface area contributed by atoms with E-state index in [-0.39, 0.29) is 6.04 Å². The van der Waals surface area contributed by atoms with Gasteiger partial charge in [0.05, 0.1) is 6.54 Å². The van der Waals surface area contributed by atoms with Crippen LogP contribution in [0.3, 0.4) is 0 Å². The average Bonchev–Trinajstić information content (AvgIpc) is 2.29. The maximum Gasteiger partial charge on any atom is 0.401 e. The Bertz CT molecular complexity index is 302. The molecule has 3 atom stereocenters. The number of likely N-dealkylation sites (tertiary alicyclic amines) is 1. The molecule has 0 radical (unpaired) electrons. The Morgan fingerprint density at radius 1 is 1.25 bits per heavy atom. The summed E-state index contributed by atoms with van der Waals surface area (Å²) in [5.41, 5.74) is 0. The zero-order valence-corrected chi connectivity index (χ0v) is 12.5. The molecule has 0 aromatic carbocycles. The lowest BCUT2D eigenvalue weighted by molar-refractivity contribution is -0.127. The summed E-state index contributed by atoms with van der Waals surface area (Å²) in [6.45, 7) is 5.31. The molecule has 0 amide bonds. The van der Waals surface area contributed by atoms with Crippen LogP contribution in [0.5, 0.6) is 0 Å². The number of piperidine rings is 1. The lowest BCUT2D eigenvalue weighted by Crippen LogP contribution is -2.55. The van der Waals surface area contributed by atoms with Gasteiger partial charge in [-0.05, 0) is 37.5 Å². The van der Waals surface area contributed by atoms with Gasteiger partial charge in [0.15, 0.2) is 0 Å². The van der Waals surface area contributed by atoms with Crippen LogP contribution in [0.4, 0.5) is 13.2 Å². The lowest BCUT2D eigenvalue weighted by atomic mass is 9.77. The van der Waals surface area contributed by atoms with Crippen LogP contribution in [-0.2, 0) is 0 Å². The predicted molar refractivity (Wildman–Crippen MR) is 74.6 cm³/mol. The molecule has 2 rings (SSSR count). The minimum atomic E-state index is -4.11. The van der Waals surface area contributed by atoms with Crippen molar-refractivity contribution >= 4 is 0 Å². The molecule has 1 saturated heterocycles. The topological polar surface area (TPSA) is 15.3 Å². The summed E-state index contributed by atoms with van der Waals surface area (Å²) in [5.74, 6) is 1.25. The molecule has 1 saturated carbocycles. The fraction of sp³-hybridized carbons (Fsp3) is 1.00. The van der Waals surface area contributed by atoms with Crippen LogP contribution in [0, 0.1) is 11.8 Å². The van der Waals surface area contributed by atoms with Crippen LogP contribution >= 0.6 is 0 Å². The highest BCUT2D eigenvalue weighted by molar-refractivity contribution is 4.90. The molecule has 0 aromatic rings. The normalized spacial score (nSPS) is 31.1. The van der Waals surface area contributed by atoms with E-state index in [0.717, 1.165) is 31.8 Å². The minimum Gasteiger partial charge on any atom is -0.305 e. The van der Waals surface area contributed by atoms with Gasteiger partial charge in [-0.1, -0.05) is 20.3 Å². The molecule has 0 spiro atoms. The SMILES string of the molecule is CCC(C1CCC1)N1CC(C)CC(NCC(F)(F)F)C1. The van der Waals surface area contributed by atoms with E-state index >= 15 is 0 Å². The lowest BCUT2D eigenvalue weighted by Gasteiger charge is -2.46. The van der Waals surface area contributed by atoms with Gasteiger partial charge in [-0.15, -0.1) is 0 Å². The molecule has 1 heterocycles. The second-order valence-electron chi connectivity index (χ2n) is 6.65. The van der Waals surface area contributed by atoms with Crippen molar-refractivity contribution in [2.24, 2.45) is 11.8 Å². The van der Waals surface area contributed by atoms with Crippen molar-refractivity contribution in [1.82, 2.24) is 10.2 Å². The Morgan fingerprint density at radius 3 is 2.45 bits per heavy atom. The summed E-state index contributed by atoms with van der Waals surface area (Å²) < 4.78 is 37.0. The van der Waals surface area contributed by atoms with Crippen LogP contribution in [-0.4, -0.2) is 42.8 Å². The summed E-state index contributed by atoms with van der Waals surface area (Å²) in [5, 5.41) is 2.71. The van der Waals surface area contributed by atoms with Gasteiger partial charge in [-0.3, -0.25) is 4.90 Å². The summed E-state index contributed by atoms with van der Waals surface area (Å²) in [6, 6.07) is 0.552. The van der Waals surface area contributed by atoms with Crippen molar-refractivity contribution in [1.29, 1.82) is 0 Å². The Kier molecular flexibility index (Phi) is 5.35. The van der Waals surface area contributed by atoms with Gasteiger partial charge in [0.25, 0.3) is 0 Å². The van der Waals surface area contributed by atoms with Gasteiger partial charge in [-0.2, -0.15) is 13.2 Å². The van der Waals surface area contributed by atoms with E-state index < -0.39 is 12.7 Å². The van der Waals surface area contributed by atoms with Crippen LogP contribution < -0.4 is 5.32 Å². The molecular weight excluding hydrogens is 265 g/mol. The van der Waals surface area contributed by atoms with Gasteiger partial charge >= 0.3 is 6.18 Å². The number of rotatable bonds is 5. The van der Waals surface area contributed by atoms with Crippen molar-refractivity contribution in [3.63, 3.8) is 0 Å². The van der Waals surface area contributed by atoms with E-state index in [9.17, 15) is 13.2 Å². The quantitative estimate of drug-likeness (QED) is 0.835. The standard InChI is InChI=1S/C15H27F3N2/c1-3-14(12-5-4-6-12)20-8-11(2)7-13(9-20)19-10-15(16,17)18/h11-14,19H,3-10H2,1-2H3. The molecule has 20 heavy (non-hydrogen) atoms. The van der Waals surface area contributed by atoms with Gasteiger partial charge < -0.3 is 5.32 Å². The third-order valence-electron chi connectivity index (χ3n) is 4.86. The maximum atomic E-state index is 12.3. The molecule has 118 valence electrons. The second-order valence-corrected chi connectivity index (χ2v) is 6.65. The van der Waals surface area contributed by atoms with Crippen LogP contribution in [0.2, 0.25) is 0 Å². The fourth-order valence-corrected chi connectivity index (χ4v) is 3.79. The molecule has 3 unspecified atom stereocenters. The van der Waals surface area contributed by atoms with Gasteiger partial charge in [-0.25, -0.2) is 0 Å². The van der Waals surface area contributed by atoms with Gasteiger partial charge in [0.1, 0.15) is 0 Å². The first-order chi connectivity index (χ1) is 9.39. The van der Waals surface area contributed by atoms with E-state index in [2.05, 4.69) is 24.1 Å². The average molecular weight is 292 g/mol. The fourth-order valence-electron chi connectivity index (χ4n) is 3.79. The predicted octanol–water partition coefficient (Wildman–Crippen LogP) is 3.43. The Hall–Kier alpha value is -0.290. The number of hydrogen-bond donors (Lipinski definition) is 1. The van der Waals surface area contributed by atoms with E-state index in [1.807, 2.05) is 0 Å². The van der Waals surface area contributed by atoms with Crippen molar-refractivity contribution < 1.29 is 13.2 Å². The number of hydrogen-bond acceptors (Lipinski definition) is 2. The largest absolute Gasteiger partial charge is 0.401 e. The molecule has 1 aliphatic heterocycles. The summed E-state index contributed by atoms with van der Waals surface area (Å²) in [6.07, 6.45) is 1.77. The monoisotopic (exact) mass is 292 g/mol. The molecule has 1 N–H and O–H groups in total. The van der Waals surface area contributed by atoms with Gasteiger partial charge in [0.2, 0.25) is 0 Å². The van der Waals surface area contributed by atoms with Crippen LogP contribution in [0.25, 0.3) is 0 Å². The minimum absolute atomic E-state index is 0.0190. The van der Waals surface area contributed by atoms with Gasteiger partial charge in [0, 0.05) is 25.2 Å². The highest BCUT2D eigenvalue weighted by atomic mass is 19.4. The third-order valence-corrected chi connectivity index (χ3v) is 4.86. The molecule has 0 bridgehead atoms. The first kappa shape index (κ1) is 16.1. The Morgan fingerprint density at radius 2 is 1.95 bits per heavy atom. The van der Waals surface area contributed by atoms with E-state index in [1.54, 1.807) is 0 Å². The Balaban J connectivity index is 1.89. The van der Waals surface area contributed by atoms with E-state index in [1.165, 1.54) is 19.3 Å². The molecule has 0 aromatic heterocycles. The molecule has 2 nitrogen and oxygen atoms in total. The van der Waals surface area contributed by atoms with Crippen LogP contribution in [0.1, 0.15) is 46.0 Å². The smallest absolute Gasteiger partial charge is 0.305 e. The highest BCUT2D eigenvalue weighted by Gasteiger charge is 2.36. The zero-order valence-electron chi connectivity index (χ0n) is 12.5.